The molecule has 2 heterocycles. The first-order chi connectivity index (χ1) is 18.8. The molecule has 2 aromatic carbocycles. The largest absolute Gasteiger partial charge is 0.495 e. The lowest BCUT2D eigenvalue weighted by molar-refractivity contribution is -0.139. The van der Waals surface area contributed by atoms with Crippen LogP contribution in [0.4, 0.5) is 24.8 Å². The summed E-state index contributed by atoms with van der Waals surface area (Å²) in [6.45, 7) is 1.80. The van der Waals surface area contributed by atoms with Gasteiger partial charge in [-0.25, -0.2) is 4.98 Å². The van der Waals surface area contributed by atoms with Gasteiger partial charge in [0.2, 0.25) is 11.8 Å². The van der Waals surface area contributed by atoms with Gasteiger partial charge in [-0.15, -0.1) is 0 Å². The van der Waals surface area contributed by atoms with Gasteiger partial charge >= 0.3 is 6.18 Å². The van der Waals surface area contributed by atoms with Crippen molar-refractivity contribution < 1.29 is 31.6 Å². The summed E-state index contributed by atoms with van der Waals surface area (Å²) in [4.78, 5) is 23.2. The number of amides is 1. The second-order valence-electron chi connectivity index (χ2n) is 9.58. The van der Waals surface area contributed by atoms with Crippen molar-refractivity contribution >= 4 is 32.9 Å². The van der Waals surface area contributed by atoms with Crippen molar-refractivity contribution in [3.63, 3.8) is 0 Å². The molecule has 1 aromatic heterocycles. The molecule has 0 spiro atoms. The Morgan fingerprint density at radius 2 is 1.82 bits per heavy atom. The lowest BCUT2D eigenvalue weighted by Crippen LogP contribution is -2.43. The Kier molecular flexibility index (Phi) is 8.54. The van der Waals surface area contributed by atoms with Crippen molar-refractivity contribution in [1.82, 2.24) is 20.2 Å². The maximum Gasteiger partial charge on any atom is 0.423 e. The number of anilines is 2. The Labute approximate surface area is 230 Å². The van der Waals surface area contributed by atoms with Crippen LogP contribution in [0.3, 0.4) is 0 Å². The van der Waals surface area contributed by atoms with Gasteiger partial charge in [-0.1, -0.05) is 0 Å². The number of methoxy groups -OCH3 is 1. The summed E-state index contributed by atoms with van der Waals surface area (Å²) in [5.74, 6) is 2.76. The predicted octanol–water partition coefficient (Wildman–Crippen LogP) is 4.57. The molecule has 1 unspecified atom stereocenters. The van der Waals surface area contributed by atoms with Gasteiger partial charge in [-0.05, 0) is 90.8 Å². The monoisotopic (exact) mass is 577 g/mol. The fourth-order valence-corrected chi connectivity index (χ4v) is 4.80. The third kappa shape index (κ3) is 7.21. The summed E-state index contributed by atoms with van der Waals surface area (Å²) in [5, 5.41) is 5.86. The quantitative estimate of drug-likeness (QED) is 0.375. The van der Waals surface area contributed by atoms with Crippen LogP contribution in [0.25, 0.3) is 0 Å². The number of carbonyl (C=O) groups excluding carboxylic acids is 1. The highest BCUT2D eigenvalue weighted by atomic mass is 32.2. The highest BCUT2D eigenvalue weighted by Gasteiger charge is 2.36. The first-order valence-corrected chi connectivity index (χ1v) is 14.5. The number of likely N-dealkylation sites (tertiary alicyclic amines) is 1. The van der Waals surface area contributed by atoms with E-state index >= 15 is 0 Å². The minimum Gasteiger partial charge on any atom is -0.495 e. The number of piperidine rings is 1. The third-order valence-corrected chi connectivity index (χ3v) is 7.63. The molecule has 1 aliphatic rings. The standard InChI is InChI=1S/C27H30F3N5O4S/c1-35-13-11-18(12-14-35)32-24(36)17-5-10-22(23(15-17)38-2)33-26-31-16-21(27(28,29)30)25(34-26)39-19-6-8-20(9-7-19)40(3,4)37/h5-10,15-16,18H,3,11-14H2,1-2,4H3,(H,32,36)(H,31,33,34). The zero-order valence-electron chi connectivity index (χ0n) is 22.2. The second kappa shape index (κ2) is 11.7. The minimum atomic E-state index is -4.78. The highest BCUT2D eigenvalue weighted by molar-refractivity contribution is 7.99. The number of carbonyl (C=O) groups is 1. The molecule has 1 saturated heterocycles. The van der Waals surface area contributed by atoms with E-state index in [0.29, 0.717) is 22.3 Å². The van der Waals surface area contributed by atoms with Gasteiger partial charge in [-0.3, -0.25) is 9.00 Å². The molecule has 9 nitrogen and oxygen atoms in total. The van der Waals surface area contributed by atoms with E-state index in [-0.39, 0.29) is 29.4 Å². The molecule has 40 heavy (non-hydrogen) atoms. The van der Waals surface area contributed by atoms with Crippen molar-refractivity contribution in [3.8, 4) is 17.4 Å². The zero-order chi connectivity index (χ0) is 29.1. The topological polar surface area (TPSA) is 106 Å². The van der Waals surface area contributed by atoms with Gasteiger partial charge in [0.05, 0.1) is 12.8 Å². The van der Waals surface area contributed by atoms with Crippen LogP contribution >= 0.6 is 0 Å². The van der Waals surface area contributed by atoms with Crippen LogP contribution in [0.15, 0.2) is 53.6 Å². The zero-order valence-corrected chi connectivity index (χ0v) is 23.1. The van der Waals surface area contributed by atoms with Gasteiger partial charge in [0.25, 0.3) is 5.91 Å². The lowest BCUT2D eigenvalue weighted by atomic mass is 10.0. The molecular formula is C27H30F3N5O4S. The SMILES string of the molecule is C=S(C)(=O)c1ccc(Oc2nc(Nc3ccc(C(=O)NC4CCN(C)CC4)cc3OC)ncc2C(F)(F)F)cc1. The maximum absolute atomic E-state index is 13.7. The highest BCUT2D eigenvalue weighted by Crippen LogP contribution is 2.38. The van der Waals surface area contributed by atoms with E-state index in [1.54, 1.807) is 12.1 Å². The van der Waals surface area contributed by atoms with Crippen LogP contribution in [0.5, 0.6) is 17.4 Å². The normalized spacial score (nSPS) is 16.1. The number of alkyl halides is 3. The molecular weight excluding hydrogens is 547 g/mol. The lowest BCUT2D eigenvalue weighted by Gasteiger charge is -2.29. The van der Waals surface area contributed by atoms with E-state index < -0.39 is 27.1 Å². The van der Waals surface area contributed by atoms with Crippen molar-refractivity contribution in [2.75, 3.05) is 38.8 Å². The molecule has 0 radical (unpaired) electrons. The Balaban J connectivity index is 1.55. The van der Waals surface area contributed by atoms with E-state index in [1.165, 1.54) is 43.7 Å². The van der Waals surface area contributed by atoms with Crippen LogP contribution in [0.1, 0.15) is 28.8 Å². The van der Waals surface area contributed by atoms with Crippen LogP contribution < -0.4 is 20.1 Å². The predicted molar refractivity (Wildman–Crippen MR) is 147 cm³/mol. The smallest absolute Gasteiger partial charge is 0.423 e. The molecule has 1 amide bonds. The van der Waals surface area contributed by atoms with E-state index in [1.807, 2.05) is 7.05 Å². The van der Waals surface area contributed by atoms with E-state index in [2.05, 4.69) is 31.4 Å². The molecule has 0 aliphatic carbocycles. The number of nitrogens with one attached hydrogen (secondary N) is 2. The van der Waals surface area contributed by atoms with Gasteiger partial charge < -0.3 is 25.0 Å². The molecule has 0 saturated carbocycles. The number of benzene rings is 2. The molecule has 1 aliphatic heterocycles. The third-order valence-electron chi connectivity index (χ3n) is 6.36. The van der Waals surface area contributed by atoms with Crippen molar-refractivity contribution in [2.24, 2.45) is 0 Å². The Bertz CT molecular complexity index is 1470. The van der Waals surface area contributed by atoms with Gasteiger partial charge in [0.15, 0.2) is 0 Å². The number of halogens is 3. The number of ether oxygens (including phenoxy) is 2. The summed E-state index contributed by atoms with van der Waals surface area (Å²) in [6.07, 6.45) is -1.000. The summed E-state index contributed by atoms with van der Waals surface area (Å²) in [6, 6.07) is 10.4. The minimum absolute atomic E-state index is 0.0557. The molecule has 214 valence electrons. The summed E-state index contributed by atoms with van der Waals surface area (Å²) in [5.41, 5.74) is -0.464. The van der Waals surface area contributed by atoms with Gasteiger partial charge in [0.1, 0.15) is 17.1 Å². The van der Waals surface area contributed by atoms with Crippen LogP contribution in [0.2, 0.25) is 0 Å². The number of nitrogens with zero attached hydrogens (tertiary/aromatic N) is 3. The van der Waals surface area contributed by atoms with Crippen LogP contribution in [0, 0.1) is 0 Å². The van der Waals surface area contributed by atoms with Crippen molar-refractivity contribution in [2.45, 2.75) is 30.0 Å². The van der Waals surface area contributed by atoms with E-state index in [9.17, 15) is 22.2 Å². The number of hydrogen-bond acceptors (Lipinski definition) is 8. The summed E-state index contributed by atoms with van der Waals surface area (Å²) >= 11 is 0. The molecule has 2 N–H and O–H groups in total. The van der Waals surface area contributed by atoms with Gasteiger partial charge in [0, 0.05) is 29.0 Å². The first-order valence-electron chi connectivity index (χ1n) is 12.3. The number of hydrogen-bond donors (Lipinski definition) is 2. The van der Waals surface area contributed by atoms with E-state index in [0.717, 1.165) is 25.9 Å². The molecule has 13 heteroatoms. The van der Waals surface area contributed by atoms with E-state index in [4.69, 9.17) is 9.47 Å². The second-order valence-corrected chi connectivity index (χ2v) is 12.1. The summed E-state index contributed by atoms with van der Waals surface area (Å²) < 4.78 is 64.0. The van der Waals surface area contributed by atoms with Crippen molar-refractivity contribution in [1.29, 1.82) is 0 Å². The first kappa shape index (κ1) is 29.2. The fourth-order valence-electron chi connectivity index (χ4n) is 4.08. The van der Waals surface area contributed by atoms with Crippen molar-refractivity contribution in [3.05, 3.63) is 59.8 Å². The van der Waals surface area contributed by atoms with Crippen LogP contribution in [-0.2, 0) is 15.7 Å². The van der Waals surface area contributed by atoms with Crippen LogP contribution in [-0.4, -0.2) is 70.4 Å². The average molecular weight is 578 g/mol. The van der Waals surface area contributed by atoms with Gasteiger partial charge in [-0.2, -0.15) is 18.2 Å². The maximum atomic E-state index is 13.7. The Hall–Kier alpha value is -3.84. The molecule has 0 bridgehead atoms. The molecule has 3 aromatic rings. The Morgan fingerprint density at radius 3 is 2.42 bits per heavy atom. The average Bonchev–Trinajstić information content (AvgIpc) is 2.89. The molecule has 1 atom stereocenters. The molecule has 4 rings (SSSR count). The summed E-state index contributed by atoms with van der Waals surface area (Å²) in [7, 11) is 0.947. The number of aromatic nitrogens is 2. The fraction of sp³-hybridized carbons (Fsp3) is 0.333. The number of rotatable bonds is 8. The Morgan fingerprint density at radius 1 is 1.15 bits per heavy atom. The molecule has 1 fully saturated rings.